The van der Waals surface area contributed by atoms with Crippen molar-refractivity contribution in [2.75, 3.05) is 32.4 Å². The zero-order valence-electron chi connectivity index (χ0n) is 15.6. The first kappa shape index (κ1) is 17.9. The molecule has 0 bridgehead atoms. The highest BCUT2D eigenvalue weighted by Gasteiger charge is 2.43. The summed E-state index contributed by atoms with van der Waals surface area (Å²) in [6, 6.07) is 2.24. The summed E-state index contributed by atoms with van der Waals surface area (Å²) in [6.07, 6.45) is 11.3. The number of hydrogen-bond donors (Lipinski definition) is 0. The van der Waals surface area contributed by atoms with Crippen LogP contribution in [0.5, 0.6) is 5.75 Å². The Bertz CT molecular complexity index is 715. The molecule has 0 aliphatic carbocycles. The van der Waals surface area contributed by atoms with Crippen molar-refractivity contribution in [3.63, 3.8) is 0 Å². The second kappa shape index (κ2) is 7.24. The predicted molar refractivity (Wildman–Crippen MR) is 105 cm³/mol. The number of hydrogen-bond acceptors (Lipinski definition) is 5. The highest BCUT2D eigenvalue weighted by molar-refractivity contribution is 7.96. The topological polar surface area (TPSA) is 45.7 Å². The van der Waals surface area contributed by atoms with E-state index in [1.165, 1.54) is 11.1 Å². The van der Waals surface area contributed by atoms with E-state index in [2.05, 4.69) is 34.6 Å². The molecule has 0 saturated carbocycles. The molecule has 0 aromatic carbocycles. The van der Waals surface area contributed by atoms with E-state index in [0.29, 0.717) is 5.92 Å². The number of ether oxygens (including phenoxy) is 1. The number of nitrogens with zero attached hydrogens (tertiary/aromatic N) is 3. The van der Waals surface area contributed by atoms with Crippen molar-refractivity contribution in [1.82, 2.24) is 14.2 Å². The summed E-state index contributed by atoms with van der Waals surface area (Å²) < 4.78 is 8.74. The molecule has 1 saturated heterocycles. The summed E-state index contributed by atoms with van der Waals surface area (Å²) in [7, 11) is 0. The van der Waals surface area contributed by atoms with Crippen LogP contribution in [0, 0.1) is 5.92 Å². The molecular weight excluding hydrogens is 346 g/mol. The van der Waals surface area contributed by atoms with Gasteiger partial charge in [-0.25, -0.2) is 4.31 Å². The minimum absolute atomic E-state index is 0.172. The molecule has 1 unspecified atom stereocenters. The van der Waals surface area contributed by atoms with Crippen LogP contribution in [0.2, 0.25) is 0 Å². The summed E-state index contributed by atoms with van der Waals surface area (Å²) in [4.78, 5) is 17.5. The minimum atomic E-state index is -0.172. The zero-order valence-corrected chi connectivity index (χ0v) is 16.4. The van der Waals surface area contributed by atoms with Crippen molar-refractivity contribution < 1.29 is 9.53 Å². The third-order valence-corrected chi connectivity index (χ3v) is 6.98. The van der Waals surface area contributed by atoms with E-state index in [1.54, 1.807) is 11.9 Å². The van der Waals surface area contributed by atoms with Gasteiger partial charge in [0.1, 0.15) is 11.4 Å². The quantitative estimate of drug-likeness (QED) is 0.600. The Kier molecular flexibility index (Phi) is 4.97. The van der Waals surface area contributed by atoms with Crippen LogP contribution in [-0.2, 0) is 11.2 Å². The molecule has 5 nitrogen and oxygen atoms in total. The van der Waals surface area contributed by atoms with E-state index in [-0.39, 0.29) is 5.60 Å². The third kappa shape index (κ3) is 3.37. The summed E-state index contributed by atoms with van der Waals surface area (Å²) in [5, 5.41) is 0. The highest BCUT2D eigenvalue weighted by Crippen LogP contribution is 2.43. The average molecular weight is 374 g/mol. The lowest BCUT2D eigenvalue weighted by atomic mass is 9.79. The van der Waals surface area contributed by atoms with Gasteiger partial charge in [0.25, 0.3) is 0 Å². The van der Waals surface area contributed by atoms with Crippen LogP contribution in [-0.4, -0.2) is 58.6 Å². The number of aromatic nitrogens is 1. The molecule has 1 fully saturated rings. The molecule has 4 heterocycles. The zero-order chi connectivity index (χ0) is 18.1. The van der Waals surface area contributed by atoms with Crippen LogP contribution in [0.3, 0.4) is 0 Å². The van der Waals surface area contributed by atoms with Crippen molar-refractivity contribution in [2.45, 2.75) is 38.2 Å². The number of carbonyl (C=O) groups excluding carboxylic acids is 1. The molecule has 140 valence electrons. The lowest BCUT2D eigenvalue weighted by Crippen LogP contribution is -2.45. The van der Waals surface area contributed by atoms with E-state index in [1.807, 2.05) is 11.1 Å². The van der Waals surface area contributed by atoms with E-state index in [9.17, 15) is 4.79 Å². The number of pyridine rings is 1. The fraction of sp³-hybridized carbons (Fsp3) is 0.600. The molecule has 3 aliphatic heterocycles. The van der Waals surface area contributed by atoms with Crippen LogP contribution in [0.1, 0.15) is 37.4 Å². The Balaban J connectivity index is 1.48. The molecular formula is C20H27N3O2S. The van der Waals surface area contributed by atoms with Gasteiger partial charge >= 0.3 is 0 Å². The monoisotopic (exact) mass is 373 g/mol. The van der Waals surface area contributed by atoms with E-state index >= 15 is 0 Å². The first-order valence-electron chi connectivity index (χ1n) is 9.47. The van der Waals surface area contributed by atoms with Crippen LogP contribution in [0.15, 0.2) is 18.3 Å². The maximum absolute atomic E-state index is 11.0. The molecule has 6 heteroatoms. The maximum Gasteiger partial charge on any atom is 0.209 e. The number of piperidine rings is 1. The lowest BCUT2D eigenvalue weighted by Gasteiger charge is -2.38. The van der Waals surface area contributed by atoms with Crippen LogP contribution < -0.4 is 4.74 Å². The number of likely N-dealkylation sites (tertiary alicyclic amines) is 1. The van der Waals surface area contributed by atoms with Gasteiger partial charge < -0.3 is 9.64 Å². The van der Waals surface area contributed by atoms with Crippen LogP contribution in [0.25, 0.3) is 5.57 Å². The van der Waals surface area contributed by atoms with Crippen LogP contribution >= 0.6 is 11.9 Å². The highest BCUT2D eigenvalue weighted by atomic mass is 32.2. The lowest BCUT2D eigenvalue weighted by molar-refractivity contribution is -0.120. The predicted octanol–water partition coefficient (Wildman–Crippen LogP) is 3.01. The van der Waals surface area contributed by atoms with Crippen molar-refractivity contribution in [3.05, 3.63) is 29.6 Å². The molecule has 3 aliphatic rings. The fourth-order valence-corrected chi connectivity index (χ4v) is 4.95. The summed E-state index contributed by atoms with van der Waals surface area (Å²) >= 11 is 1.80. The Morgan fingerprint density at radius 1 is 1.35 bits per heavy atom. The molecule has 26 heavy (non-hydrogen) atoms. The standard InChI is InChI=1S/C20H27N3O2S/c1-20(17-5-7-22(14-24)8-6-17)12-16-11-18(21-13-19(16)25-20)15-3-9-23(26-2)10-4-15/h3,11,13-14,17H,4-10,12H2,1-2H3. The Morgan fingerprint density at radius 2 is 2.15 bits per heavy atom. The normalized spacial score (nSPS) is 27.0. The molecule has 0 N–H and O–H groups in total. The van der Waals surface area contributed by atoms with Gasteiger partial charge in [-0.1, -0.05) is 18.0 Å². The van der Waals surface area contributed by atoms with Gasteiger partial charge in [-0.05, 0) is 44.1 Å². The Hall–Kier alpha value is -1.53. The Labute approximate surface area is 159 Å². The average Bonchev–Trinajstić information content (AvgIpc) is 3.04. The minimum Gasteiger partial charge on any atom is -0.485 e. The van der Waals surface area contributed by atoms with Gasteiger partial charge in [0.2, 0.25) is 6.41 Å². The number of carbonyl (C=O) groups is 1. The SMILES string of the molecule is CSN1CC=C(c2cc3c(cn2)OC(C)(C2CCN(C=O)CC2)C3)CC1. The number of rotatable bonds is 4. The Morgan fingerprint density at radius 3 is 2.81 bits per heavy atom. The molecule has 4 rings (SSSR count). The smallest absolute Gasteiger partial charge is 0.209 e. The second-order valence-corrected chi connectivity index (χ2v) is 8.62. The van der Waals surface area contributed by atoms with Crippen molar-refractivity contribution in [1.29, 1.82) is 0 Å². The molecule has 1 amide bonds. The molecule has 1 atom stereocenters. The first-order valence-corrected chi connectivity index (χ1v) is 10.7. The molecule has 1 aromatic rings. The van der Waals surface area contributed by atoms with Gasteiger partial charge in [-0.2, -0.15) is 0 Å². The summed E-state index contributed by atoms with van der Waals surface area (Å²) in [5.74, 6) is 1.43. The summed E-state index contributed by atoms with van der Waals surface area (Å²) in [6.45, 7) is 5.97. The van der Waals surface area contributed by atoms with Crippen LogP contribution in [0.4, 0.5) is 0 Å². The largest absolute Gasteiger partial charge is 0.485 e. The van der Waals surface area contributed by atoms with Gasteiger partial charge in [-0.15, -0.1) is 0 Å². The van der Waals surface area contributed by atoms with E-state index < -0.39 is 0 Å². The molecule has 0 spiro atoms. The van der Waals surface area contributed by atoms with Crippen molar-refractivity contribution in [3.8, 4) is 5.75 Å². The summed E-state index contributed by atoms with van der Waals surface area (Å²) in [5.41, 5.74) is 3.57. The van der Waals surface area contributed by atoms with E-state index in [0.717, 1.165) is 69.7 Å². The molecule has 0 radical (unpaired) electrons. The number of amides is 1. The van der Waals surface area contributed by atoms with E-state index in [4.69, 9.17) is 4.74 Å². The maximum atomic E-state index is 11.0. The van der Waals surface area contributed by atoms with Crippen molar-refractivity contribution >= 4 is 23.9 Å². The van der Waals surface area contributed by atoms with Gasteiger partial charge in [0.15, 0.2) is 0 Å². The van der Waals surface area contributed by atoms with Gasteiger partial charge in [0.05, 0.1) is 11.9 Å². The van der Waals surface area contributed by atoms with Gasteiger partial charge in [0, 0.05) is 44.1 Å². The number of fused-ring (bicyclic) bond motifs is 1. The van der Waals surface area contributed by atoms with Gasteiger partial charge in [-0.3, -0.25) is 9.78 Å². The molecule has 1 aromatic heterocycles. The fourth-order valence-electron chi connectivity index (χ4n) is 4.45. The van der Waals surface area contributed by atoms with Crippen molar-refractivity contribution in [2.24, 2.45) is 5.92 Å². The first-order chi connectivity index (χ1) is 12.6. The second-order valence-electron chi connectivity index (χ2n) is 7.73. The third-order valence-electron chi connectivity index (χ3n) is 6.13.